The van der Waals surface area contributed by atoms with Crippen LogP contribution in [0.2, 0.25) is 0 Å². The van der Waals surface area contributed by atoms with E-state index in [-0.39, 0.29) is 30.7 Å². The normalized spacial score (nSPS) is 10.9. The maximum atomic E-state index is 12.8. The van der Waals surface area contributed by atoms with E-state index in [1.807, 2.05) is 45.0 Å². The zero-order valence-corrected chi connectivity index (χ0v) is 17.8. The molecule has 3 N–H and O–H groups in total. The number of fused-ring (bicyclic) bond motifs is 1. The number of hydrogen-bond acceptors (Lipinski definition) is 5. The van der Waals surface area contributed by atoms with Crippen molar-refractivity contribution in [1.82, 2.24) is 25.3 Å². The molecule has 1 aromatic carbocycles. The molecule has 2 aromatic heterocycles. The van der Waals surface area contributed by atoms with Crippen molar-refractivity contribution in [3.63, 3.8) is 0 Å². The summed E-state index contributed by atoms with van der Waals surface area (Å²) in [4.78, 5) is 16.9. The van der Waals surface area contributed by atoms with E-state index < -0.39 is 5.54 Å². The molecule has 0 spiro atoms. The molecule has 0 fully saturated rings. The first kappa shape index (κ1) is 23.8. The second-order valence-electron chi connectivity index (χ2n) is 6.45. The summed E-state index contributed by atoms with van der Waals surface area (Å²) in [7, 11) is 0. The van der Waals surface area contributed by atoms with Crippen LogP contribution in [0.4, 0.5) is 0 Å². The fraction of sp³-hybridized carbons (Fsp3) is 0.368. The molecule has 28 heavy (non-hydrogen) atoms. The molecule has 0 aliphatic carbocycles. The number of nitrogens with one attached hydrogen (secondary N) is 1. The summed E-state index contributed by atoms with van der Waals surface area (Å²) in [5.74, 6) is -0.246. The van der Waals surface area contributed by atoms with Gasteiger partial charge in [-0.15, -0.1) is 29.9 Å². The molecular weight excluding hydrogens is 399 g/mol. The molecule has 0 atom stereocenters. The Labute approximate surface area is 176 Å². The zero-order valence-electron chi connectivity index (χ0n) is 16.2. The number of pyridine rings is 1. The lowest BCUT2D eigenvalue weighted by atomic mass is 9.92. The minimum atomic E-state index is -0.418. The van der Waals surface area contributed by atoms with E-state index in [0.29, 0.717) is 17.9 Å². The average Bonchev–Trinajstić information content (AvgIpc) is 3.07. The molecule has 3 aromatic rings. The lowest BCUT2D eigenvalue weighted by Crippen LogP contribution is -2.53. The average molecular weight is 425 g/mol. The number of benzene rings is 1. The number of halogens is 2. The van der Waals surface area contributed by atoms with Crippen LogP contribution in [0.25, 0.3) is 16.5 Å². The number of rotatable bonds is 6. The van der Waals surface area contributed by atoms with Gasteiger partial charge in [0.1, 0.15) is 0 Å². The number of carbonyl (C=O) groups is 1. The number of amides is 1. The molecule has 152 valence electrons. The van der Waals surface area contributed by atoms with Gasteiger partial charge in [-0.1, -0.05) is 31.2 Å². The number of carbonyl (C=O) groups excluding carboxylic acids is 1. The highest BCUT2D eigenvalue weighted by atomic mass is 35.5. The monoisotopic (exact) mass is 424 g/mol. The largest absolute Gasteiger partial charge is 0.344 e. The Bertz CT molecular complexity index is 926. The summed E-state index contributed by atoms with van der Waals surface area (Å²) in [6, 6.07) is 7.81. The highest BCUT2D eigenvalue weighted by molar-refractivity contribution is 5.94. The smallest absolute Gasteiger partial charge is 0.274 e. The van der Waals surface area contributed by atoms with E-state index in [4.69, 9.17) is 5.73 Å². The van der Waals surface area contributed by atoms with E-state index in [1.165, 1.54) is 0 Å². The van der Waals surface area contributed by atoms with E-state index in [0.717, 1.165) is 29.3 Å². The molecule has 1 amide bonds. The standard InChI is InChI=1S/C19H24N6O.2ClH/c1-4-19(5-2,12-20)22-18(26)17-13(3)25(24-23-17)16-8-6-7-14-11-21-10-9-15(14)16;;/h6-11H,4-5,12,20H2,1-3H3,(H,22,26);2*1H. The van der Waals surface area contributed by atoms with Crippen LogP contribution in [-0.4, -0.2) is 38.0 Å². The van der Waals surface area contributed by atoms with Gasteiger partial charge in [-0.05, 0) is 31.9 Å². The highest BCUT2D eigenvalue weighted by Gasteiger charge is 2.29. The van der Waals surface area contributed by atoms with Gasteiger partial charge in [0.2, 0.25) is 0 Å². The SMILES string of the molecule is CCC(CC)(CN)NC(=O)c1nnn(-c2cccc3cnccc23)c1C.Cl.Cl. The minimum absolute atomic E-state index is 0. The molecule has 0 saturated carbocycles. The summed E-state index contributed by atoms with van der Waals surface area (Å²) in [6.45, 7) is 6.27. The summed E-state index contributed by atoms with van der Waals surface area (Å²) in [5.41, 5.74) is 7.34. The molecule has 0 aliphatic rings. The second kappa shape index (κ2) is 9.82. The van der Waals surface area contributed by atoms with Crippen LogP contribution >= 0.6 is 24.8 Å². The van der Waals surface area contributed by atoms with Gasteiger partial charge in [0.15, 0.2) is 5.69 Å². The molecule has 0 radical (unpaired) electrons. The van der Waals surface area contributed by atoms with Gasteiger partial charge < -0.3 is 11.1 Å². The van der Waals surface area contributed by atoms with Gasteiger partial charge in [-0.3, -0.25) is 9.78 Å². The lowest BCUT2D eigenvalue weighted by Gasteiger charge is -2.31. The maximum Gasteiger partial charge on any atom is 0.274 e. The molecular formula is C19H26Cl2N6O. The Morgan fingerprint density at radius 3 is 2.57 bits per heavy atom. The molecule has 0 aliphatic heterocycles. The summed E-state index contributed by atoms with van der Waals surface area (Å²) >= 11 is 0. The molecule has 0 bridgehead atoms. The van der Waals surface area contributed by atoms with E-state index in [9.17, 15) is 4.79 Å². The molecule has 0 saturated heterocycles. The first-order chi connectivity index (χ1) is 12.5. The van der Waals surface area contributed by atoms with Crippen molar-refractivity contribution >= 4 is 41.5 Å². The Balaban J connectivity index is 0.00000196. The molecule has 2 heterocycles. The van der Waals surface area contributed by atoms with Crippen LogP contribution in [-0.2, 0) is 0 Å². The van der Waals surface area contributed by atoms with Gasteiger partial charge in [-0.2, -0.15) is 0 Å². The summed E-state index contributed by atoms with van der Waals surface area (Å²) in [6.07, 6.45) is 5.06. The molecule has 7 nitrogen and oxygen atoms in total. The van der Waals surface area contributed by atoms with Crippen molar-refractivity contribution in [3.05, 3.63) is 48.0 Å². The van der Waals surface area contributed by atoms with E-state index in [1.54, 1.807) is 17.1 Å². The quantitative estimate of drug-likeness (QED) is 0.632. The highest BCUT2D eigenvalue weighted by Crippen LogP contribution is 2.23. The van der Waals surface area contributed by atoms with Crippen molar-refractivity contribution in [2.24, 2.45) is 5.73 Å². The van der Waals surface area contributed by atoms with Gasteiger partial charge >= 0.3 is 0 Å². The van der Waals surface area contributed by atoms with Crippen molar-refractivity contribution < 1.29 is 4.79 Å². The predicted molar refractivity (Wildman–Crippen MR) is 116 cm³/mol. The summed E-state index contributed by atoms with van der Waals surface area (Å²) < 4.78 is 1.69. The van der Waals surface area contributed by atoms with Gasteiger partial charge in [0.05, 0.1) is 16.9 Å². The Kier molecular flexibility index (Phi) is 8.35. The zero-order chi connectivity index (χ0) is 18.7. The maximum absolute atomic E-state index is 12.8. The Hall–Kier alpha value is -2.22. The van der Waals surface area contributed by atoms with Gasteiger partial charge in [0, 0.05) is 29.7 Å². The van der Waals surface area contributed by atoms with Crippen molar-refractivity contribution in [2.75, 3.05) is 6.54 Å². The number of hydrogen-bond donors (Lipinski definition) is 2. The second-order valence-corrected chi connectivity index (χ2v) is 6.45. The fourth-order valence-electron chi connectivity index (χ4n) is 3.12. The Morgan fingerprint density at radius 1 is 1.21 bits per heavy atom. The topological polar surface area (TPSA) is 98.7 Å². The van der Waals surface area contributed by atoms with Crippen molar-refractivity contribution in [3.8, 4) is 5.69 Å². The number of aromatic nitrogens is 4. The van der Waals surface area contributed by atoms with E-state index >= 15 is 0 Å². The predicted octanol–water partition coefficient (Wildman–Crippen LogP) is 3.21. The van der Waals surface area contributed by atoms with Gasteiger partial charge in [0.25, 0.3) is 5.91 Å². The van der Waals surface area contributed by atoms with Crippen LogP contribution in [0.5, 0.6) is 0 Å². The van der Waals surface area contributed by atoms with Crippen LogP contribution in [0, 0.1) is 6.92 Å². The fourth-order valence-corrected chi connectivity index (χ4v) is 3.12. The molecule has 0 unspecified atom stereocenters. The van der Waals surface area contributed by atoms with E-state index in [2.05, 4.69) is 20.6 Å². The lowest BCUT2D eigenvalue weighted by molar-refractivity contribution is 0.0889. The van der Waals surface area contributed by atoms with Crippen LogP contribution in [0.3, 0.4) is 0 Å². The Morgan fingerprint density at radius 2 is 1.93 bits per heavy atom. The third-order valence-electron chi connectivity index (χ3n) is 5.12. The van der Waals surface area contributed by atoms with Gasteiger partial charge in [-0.25, -0.2) is 4.68 Å². The van der Waals surface area contributed by atoms with Crippen LogP contribution in [0.1, 0.15) is 42.9 Å². The van der Waals surface area contributed by atoms with Crippen molar-refractivity contribution in [2.45, 2.75) is 39.2 Å². The molecule has 9 heteroatoms. The summed E-state index contributed by atoms with van der Waals surface area (Å²) in [5, 5.41) is 13.4. The third kappa shape index (κ3) is 4.27. The number of nitrogens with two attached hydrogens (primary N) is 1. The first-order valence-corrected chi connectivity index (χ1v) is 8.83. The van der Waals surface area contributed by atoms with Crippen LogP contribution < -0.4 is 11.1 Å². The number of nitrogens with zero attached hydrogens (tertiary/aromatic N) is 4. The third-order valence-corrected chi connectivity index (χ3v) is 5.12. The van der Waals surface area contributed by atoms with Crippen molar-refractivity contribution in [1.29, 1.82) is 0 Å². The first-order valence-electron chi connectivity index (χ1n) is 8.83. The molecule has 3 rings (SSSR count). The minimum Gasteiger partial charge on any atom is -0.344 e. The van der Waals surface area contributed by atoms with Crippen LogP contribution in [0.15, 0.2) is 36.7 Å².